The van der Waals surface area contributed by atoms with Gasteiger partial charge in [0.25, 0.3) is 11.1 Å². The second-order valence-electron chi connectivity index (χ2n) is 7.87. The minimum atomic E-state index is -0.312. The first kappa shape index (κ1) is 23.0. The van der Waals surface area contributed by atoms with Crippen LogP contribution < -0.4 is 11.1 Å². The number of nitrogens with zero attached hydrogens (tertiary/aromatic N) is 3. The summed E-state index contributed by atoms with van der Waals surface area (Å²) in [6.07, 6.45) is 0. The van der Waals surface area contributed by atoms with Gasteiger partial charge in [-0.1, -0.05) is 35.9 Å². The van der Waals surface area contributed by atoms with Crippen LogP contribution in [0.25, 0.3) is 16.6 Å². The molecule has 172 valence electrons. The first-order valence-electron chi connectivity index (χ1n) is 10.4. The van der Waals surface area contributed by atoms with Crippen molar-refractivity contribution in [2.45, 2.75) is 19.6 Å². The molecular weight excluding hydrogens is 447 g/mol. The standard InChI is InChI=1S/C24H24ClFN4O3/c1-28(14-16-6-5-7-17(26)12-16)15-21-23-19(13-22(31)29(21)10-11-33-2)27-30(24(23)32)20-9-4-3-8-18(20)25/h3-9,12-13,27H,10-11,14-15H2,1-2H3. The maximum absolute atomic E-state index is 13.6. The predicted octanol–water partition coefficient (Wildman–Crippen LogP) is 3.55. The summed E-state index contributed by atoms with van der Waals surface area (Å²) in [4.78, 5) is 28.4. The number of hydrogen-bond donors (Lipinski definition) is 1. The van der Waals surface area contributed by atoms with E-state index in [1.54, 1.807) is 42.0 Å². The Balaban J connectivity index is 1.83. The van der Waals surface area contributed by atoms with Crippen LogP contribution in [0.15, 0.2) is 64.2 Å². The van der Waals surface area contributed by atoms with Crippen molar-refractivity contribution < 1.29 is 9.13 Å². The molecule has 2 aromatic carbocycles. The topological polar surface area (TPSA) is 72.3 Å². The smallest absolute Gasteiger partial charge is 0.280 e. The van der Waals surface area contributed by atoms with E-state index in [2.05, 4.69) is 5.10 Å². The van der Waals surface area contributed by atoms with E-state index >= 15 is 0 Å². The van der Waals surface area contributed by atoms with Crippen LogP contribution in [0.3, 0.4) is 0 Å². The first-order chi connectivity index (χ1) is 15.9. The molecule has 0 aliphatic carbocycles. The SMILES string of the molecule is COCCn1c(CN(C)Cc2cccc(F)c2)c2c(=O)n(-c3ccccc3Cl)[nH]c2cc1=O. The molecule has 1 N–H and O–H groups in total. The minimum Gasteiger partial charge on any atom is -0.383 e. The Labute approximate surface area is 194 Å². The highest BCUT2D eigenvalue weighted by Crippen LogP contribution is 2.21. The molecule has 0 amide bonds. The van der Waals surface area contributed by atoms with E-state index in [4.69, 9.17) is 16.3 Å². The first-order valence-corrected chi connectivity index (χ1v) is 10.8. The Morgan fingerprint density at radius 2 is 1.88 bits per heavy atom. The summed E-state index contributed by atoms with van der Waals surface area (Å²) in [6.45, 7) is 1.35. The van der Waals surface area contributed by atoms with E-state index < -0.39 is 0 Å². The van der Waals surface area contributed by atoms with Gasteiger partial charge in [-0.2, -0.15) is 0 Å². The molecule has 4 rings (SSSR count). The van der Waals surface area contributed by atoms with Gasteiger partial charge in [0, 0.05) is 32.8 Å². The normalized spacial score (nSPS) is 11.5. The number of rotatable bonds is 8. The fraction of sp³-hybridized carbons (Fsp3) is 0.250. The summed E-state index contributed by atoms with van der Waals surface area (Å²) >= 11 is 6.31. The predicted molar refractivity (Wildman–Crippen MR) is 127 cm³/mol. The number of aromatic amines is 1. The zero-order valence-electron chi connectivity index (χ0n) is 18.3. The van der Waals surface area contributed by atoms with Gasteiger partial charge in [-0.25, -0.2) is 9.07 Å². The molecule has 33 heavy (non-hydrogen) atoms. The van der Waals surface area contributed by atoms with E-state index in [0.29, 0.717) is 53.5 Å². The number of H-pyrrole nitrogens is 1. The van der Waals surface area contributed by atoms with Crippen LogP contribution in [-0.4, -0.2) is 40.0 Å². The van der Waals surface area contributed by atoms with Crippen LogP contribution in [0.4, 0.5) is 4.39 Å². The third-order valence-electron chi connectivity index (χ3n) is 5.44. The molecular formula is C24H24ClFN4O3. The van der Waals surface area contributed by atoms with Crippen molar-refractivity contribution in [1.29, 1.82) is 0 Å². The number of aromatic nitrogens is 3. The number of halogens is 2. The number of benzene rings is 2. The van der Waals surface area contributed by atoms with Crippen molar-refractivity contribution in [2.24, 2.45) is 0 Å². The largest absolute Gasteiger partial charge is 0.383 e. The molecule has 0 spiro atoms. The summed E-state index contributed by atoms with van der Waals surface area (Å²) in [6, 6.07) is 14.7. The summed E-state index contributed by atoms with van der Waals surface area (Å²) < 4.78 is 21.7. The van der Waals surface area contributed by atoms with Gasteiger partial charge >= 0.3 is 0 Å². The van der Waals surface area contributed by atoms with Gasteiger partial charge in [-0.05, 0) is 36.9 Å². The summed E-state index contributed by atoms with van der Waals surface area (Å²) in [5.41, 5.74) is 1.71. The van der Waals surface area contributed by atoms with Gasteiger partial charge in [0.2, 0.25) is 0 Å². The van der Waals surface area contributed by atoms with Gasteiger partial charge in [-0.3, -0.25) is 19.6 Å². The van der Waals surface area contributed by atoms with Gasteiger partial charge in [0.1, 0.15) is 5.82 Å². The number of fused-ring (bicyclic) bond motifs is 1. The Morgan fingerprint density at radius 3 is 2.61 bits per heavy atom. The van der Waals surface area contributed by atoms with Gasteiger partial charge < -0.3 is 9.30 Å². The maximum Gasteiger partial charge on any atom is 0.280 e. The fourth-order valence-electron chi connectivity index (χ4n) is 3.96. The lowest BCUT2D eigenvalue weighted by atomic mass is 10.2. The number of pyridine rings is 1. The summed E-state index contributed by atoms with van der Waals surface area (Å²) in [7, 11) is 3.41. The number of hydrogen-bond acceptors (Lipinski definition) is 4. The highest BCUT2D eigenvalue weighted by atomic mass is 35.5. The lowest BCUT2D eigenvalue weighted by Crippen LogP contribution is -2.30. The third-order valence-corrected chi connectivity index (χ3v) is 5.76. The zero-order chi connectivity index (χ0) is 23.5. The van der Waals surface area contributed by atoms with Crippen molar-refractivity contribution in [1.82, 2.24) is 19.2 Å². The van der Waals surface area contributed by atoms with Crippen molar-refractivity contribution in [3.63, 3.8) is 0 Å². The monoisotopic (exact) mass is 470 g/mol. The second-order valence-corrected chi connectivity index (χ2v) is 8.28. The van der Waals surface area contributed by atoms with E-state index in [9.17, 15) is 14.0 Å². The van der Waals surface area contributed by atoms with E-state index in [1.165, 1.54) is 22.9 Å². The highest BCUT2D eigenvalue weighted by molar-refractivity contribution is 6.32. The van der Waals surface area contributed by atoms with Crippen molar-refractivity contribution in [2.75, 3.05) is 20.8 Å². The number of para-hydroxylation sites is 1. The molecule has 2 heterocycles. The Kier molecular flexibility index (Phi) is 6.78. The van der Waals surface area contributed by atoms with Gasteiger partial charge in [-0.15, -0.1) is 0 Å². The van der Waals surface area contributed by atoms with Crippen LogP contribution in [0.5, 0.6) is 0 Å². The van der Waals surface area contributed by atoms with E-state index in [0.717, 1.165) is 5.56 Å². The lowest BCUT2D eigenvalue weighted by molar-refractivity contribution is 0.184. The molecule has 0 radical (unpaired) electrons. The van der Waals surface area contributed by atoms with Crippen LogP contribution in [0.1, 0.15) is 11.3 Å². The fourth-order valence-corrected chi connectivity index (χ4v) is 4.18. The summed E-state index contributed by atoms with van der Waals surface area (Å²) in [5, 5.41) is 3.83. The highest BCUT2D eigenvalue weighted by Gasteiger charge is 2.20. The summed E-state index contributed by atoms with van der Waals surface area (Å²) in [5.74, 6) is -0.312. The van der Waals surface area contributed by atoms with Crippen molar-refractivity contribution in [3.05, 3.63) is 97.4 Å². The van der Waals surface area contributed by atoms with Crippen molar-refractivity contribution >= 4 is 22.5 Å². The number of nitrogens with one attached hydrogen (secondary N) is 1. The van der Waals surface area contributed by atoms with E-state index in [1.807, 2.05) is 18.0 Å². The Hall–Kier alpha value is -3.20. The lowest BCUT2D eigenvalue weighted by Gasteiger charge is -2.20. The Morgan fingerprint density at radius 1 is 1.09 bits per heavy atom. The second kappa shape index (κ2) is 9.74. The van der Waals surface area contributed by atoms with Crippen LogP contribution >= 0.6 is 11.6 Å². The third kappa shape index (κ3) is 4.78. The molecule has 4 aromatic rings. The Bertz CT molecular complexity index is 1410. The molecule has 0 saturated carbocycles. The average Bonchev–Trinajstić information content (AvgIpc) is 3.09. The van der Waals surface area contributed by atoms with Gasteiger partial charge in [0.05, 0.1) is 33.9 Å². The molecule has 0 fully saturated rings. The zero-order valence-corrected chi connectivity index (χ0v) is 19.1. The van der Waals surface area contributed by atoms with Crippen molar-refractivity contribution in [3.8, 4) is 5.69 Å². The maximum atomic E-state index is 13.6. The molecule has 0 aliphatic rings. The molecule has 7 nitrogen and oxygen atoms in total. The van der Waals surface area contributed by atoms with E-state index in [-0.39, 0.29) is 16.9 Å². The van der Waals surface area contributed by atoms with Crippen LogP contribution in [0, 0.1) is 5.82 Å². The quantitative estimate of drug-likeness (QED) is 0.427. The number of ether oxygens (including phenoxy) is 1. The number of methoxy groups -OCH3 is 1. The molecule has 0 bridgehead atoms. The molecule has 2 aromatic heterocycles. The van der Waals surface area contributed by atoms with Crippen LogP contribution in [0.2, 0.25) is 5.02 Å². The van der Waals surface area contributed by atoms with Crippen LogP contribution in [-0.2, 0) is 24.4 Å². The molecule has 0 saturated heterocycles. The van der Waals surface area contributed by atoms with Gasteiger partial charge in [0.15, 0.2) is 0 Å². The molecule has 0 atom stereocenters. The average molecular weight is 471 g/mol. The molecule has 0 aliphatic heterocycles. The minimum absolute atomic E-state index is 0.249. The molecule has 9 heteroatoms. The molecule has 0 unspecified atom stereocenters.